The van der Waals surface area contributed by atoms with Crippen LogP contribution < -0.4 is 15.8 Å². The molecule has 31 heavy (non-hydrogen) atoms. The number of nitrogens with one attached hydrogen (secondary N) is 1. The Morgan fingerprint density at radius 1 is 0.968 bits per heavy atom. The van der Waals surface area contributed by atoms with Gasteiger partial charge >= 0.3 is 0 Å². The number of para-hydroxylation sites is 1. The number of nitrogen functional groups attached to an aromatic ring is 1. The van der Waals surface area contributed by atoms with Crippen molar-refractivity contribution in [2.45, 2.75) is 0 Å². The third-order valence-corrected chi connectivity index (χ3v) is 6.45. The Labute approximate surface area is 186 Å². The van der Waals surface area contributed by atoms with E-state index >= 15 is 0 Å². The third kappa shape index (κ3) is 3.86. The number of ether oxygens (including phenoxy) is 1. The quantitative estimate of drug-likeness (QED) is 0.345. The van der Waals surface area contributed by atoms with Gasteiger partial charge < -0.3 is 15.8 Å². The molecule has 0 aliphatic rings. The molecule has 0 fully saturated rings. The van der Waals surface area contributed by atoms with E-state index in [0.29, 0.717) is 33.0 Å². The van der Waals surface area contributed by atoms with E-state index in [9.17, 15) is 4.79 Å². The van der Waals surface area contributed by atoms with E-state index in [4.69, 9.17) is 10.5 Å². The minimum Gasteiger partial charge on any atom is -0.457 e. The molecule has 3 aromatic heterocycles. The maximum absolute atomic E-state index is 13.3. The number of hydrogen-bond donors (Lipinski definition) is 2. The van der Waals surface area contributed by atoms with Crippen LogP contribution in [-0.2, 0) is 0 Å². The van der Waals surface area contributed by atoms with E-state index in [1.807, 2.05) is 59.3 Å². The number of anilines is 2. The number of rotatable bonds is 5. The molecular formula is C23H16N4O2S2. The minimum absolute atomic E-state index is 0.259. The lowest BCUT2D eigenvalue weighted by Crippen LogP contribution is -2.13. The third-order valence-electron chi connectivity index (χ3n) is 4.62. The second-order valence-corrected chi connectivity index (χ2v) is 8.43. The van der Waals surface area contributed by atoms with Gasteiger partial charge in [0, 0.05) is 11.3 Å². The second-order valence-electron chi connectivity index (χ2n) is 6.65. The first-order valence-electron chi connectivity index (χ1n) is 9.39. The summed E-state index contributed by atoms with van der Waals surface area (Å²) in [7, 11) is 0. The van der Waals surface area contributed by atoms with Crippen LogP contribution in [0.5, 0.6) is 11.5 Å². The number of thiophene rings is 2. The number of hydrogen-bond acceptors (Lipinski definition) is 7. The van der Waals surface area contributed by atoms with Crippen LogP contribution in [0.25, 0.3) is 20.7 Å². The summed E-state index contributed by atoms with van der Waals surface area (Å²) in [6.07, 6.45) is 1.42. The topological polar surface area (TPSA) is 90.1 Å². The van der Waals surface area contributed by atoms with Crippen LogP contribution in [0.2, 0.25) is 0 Å². The van der Waals surface area contributed by atoms with Crippen molar-refractivity contribution in [3.05, 3.63) is 83.3 Å². The Hall–Kier alpha value is -3.75. The molecule has 0 saturated heterocycles. The van der Waals surface area contributed by atoms with Crippen LogP contribution in [0.1, 0.15) is 10.4 Å². The predicted molar refractivity (Wildman–Crippen MR) is 126 cm³/mol. The van der Waals surface area contributed by atoms with E-state index in [2.05, 4.69) is 15.3 Å². The zero-order valence-electron chi connectivity index (χ0n) is 16.1. The van der Waals surface area contributed by atoms with Crippen molar-refractivity contribution in [3.63, 3.8) is 0 Å². The van der Waals surface area contributed by atoms with Gasteiger partial charge in [0.2, 0.25) is 0 Å². The molecule has 0 unspecified atom stereocenters. The Morgan fingerprint density at radius 2 is 1.74 bits per heavy atom. The van der Waals surface area contributed by atoms with Gasteiger partial charge in [0.15, 0.2) is 0 Å². The molecule has 152 valence electrons. The van der Waals surface area contributed by atoms with Gasteiger partial charge in [-0.15, -0.1) is 11.3 Å². The smallest absolute Gasteiger partial charge is 0.257 e. The lowest BCUT2D eigenvalue weighted by molar-refractivity contribution is 0.102. The van der Waals surface area contributed by atoms with E-state index in [1.54, 1.807) is 23.5 Å². The number of aromatic nitrogens is 2. The van der Waals surface area contributed by atoms with Gasteiger partial charge in [-0.2, -0.15) is 11.3 Å². The maximum Gasteiger partial charge on any atom is 0.257 e. The summed E-state index contributed by atoms with van der Waals surface area (Å²) >= 11 is 3.00. The first kappa shape index (κ1) is 19.2. The normalized spacial score (nSPS) is 10.8. The molecule has 1 amide bonds. The Balaban J connectivity index is 1.45. The summed E-state index contributed by atoms with van der Waals surface area (Å²) in [4.78, 5) is 23.2. The zero-order valence-corrected chi connectivity index (χ0v) is 17.7. The fourth-order valence-corrected chi connectivity index (χ4v) is 5.06. The molecule has 0 aliphatic heterocycles. The average molecular weight is 445 g/mol. The van der Waals surface area contributed by atoms with Crippen molar-refractivity contribution in [2.75, 3.05) is 11.1 Å². The molecule has 5 rings (SSSR count). The molecule has 3 heterocycles. The molecule has 5 aromatic rings. The van der Waals surface area contributed by atoms with Gasteiger partial charge in [-0.3, -0.25) is 4.79 Å². The number of fused-ring (bicyclic) bond motifs is 1. The second kappa shape index (κ2) is 8.17. The SMILES string of the molecule is Nc1ncnc2sc(-c3ccsc3)c(C(=O)Nc3ccc(Oc4ccccc4)cc3)c12. The van der Waals surface area contributed by atoms with Gasteiger partial charge in [0.05, 0.1) is 15.8 Å². The Bertz CT molecular complexity index is 1350. The summed E-state index contributed by atoms with van der Waals surface area (Å²) in [6, 6.07) is 18.7. The standard InChI is InChI=1S/C23H16N4O2S2/c24-21-19-18(20(14-10-11-30-12-14)31-23(19)26-13-25-21)22(28)27-15-6-8-17(9-7-15)29-16-4-2-1-3-5-16/h1-13H,(H,27,28)(H2,24,25,26). The molecule has 2 aromatic carbocycles. The van der Waals surface area contributed by atoms with E-state index < -0.39 is 0 Å². The van der Waals surface area contributed by atoms with Gasteiger partial charge in [-0.1, -0.05) is 18.2 Å². The first-order chi connectivity index (χ1) is 15.2. The van der Waals surface area contributed by atoms with Crippen molar-refractivity contribution < 1.29 is 9.53 Å². The van der Waals surface area contributed by atoms with Crippen LogP contribution in [0.3, 0.4) is 0 Å². The van der Waals surface area contributed by atoms with E-state index in [1.165, 1.54) is 17.7 Å². The van der Waals surface area contributed by atoms with Gasteiger partial charge in [0.1, 0.15) is 28.5 Å². The van der Waals surface area contributed by atoms with Crippen LogP contribution in [0.15, 0.2) is 77.8 Å². The maximum atomic E-state index is 13.3. The largest absolute Gasteiger partial charge is 0.457 e. The first-order valence-corrected chi connectivity index (χ1v) is 11.1. The van der Waals surface area contributed by atoms with Crippen molar-refractivity contribution >= 4 is 50.3 Å². The number of nitrogens with two attached hydrogens (primary N) is 1. The molecule has 0 spiro atoms. The molecule has 3 N–H and O–H groups in total. The van der Waals surface area contributed by atoms with Crippen molar-refractivity contribution in [1.29, 1.82) is 0 Å². The van der Waals surface area contributed by atoms with Crippen molar-refractivity contribution in [3.8, 4) is 21.9 Å². The number of carbonyl (C=O) groups is 1. The van der Waals surface area contributed by atoms with E-state index in [0.717, 1.165) is 16.2 Å². The molecule has 0 atom stereocenters. The number of benzene rings is 2. The highest BCUT2D eigenvalue weighted by atomic mass is 32.1. The minimum atomic E-state index is -0.259. The highest BCUT2D eigenvalue weighted by molar-refractivity contribution is 7.22. The van der Waals surface area contributed by atoms with Gasteiger partial charge in [-0.25, -0.2) is 9.97 Å². The monoisotopic (exact) mass is 444 g/mol. The molecule has 6 nitrogen and oxygen atoms in total. The van der Waals surface area contributed by atoms with E-state index in [-0.39, 0.29) is 5.91 Å². The highest BCUT2D eigenvalue weighted by Gasteiger charge is 2.23. The van der Waals surface area contributed by atoms with Crippen molar-refractivity contribution in [1.82, 2.24) is 9.97 Å². The molecule has 0 saturated carbocycles. The lowest BCUT2D eigenvalue weighted by Gasteiger charge is -2.09. The van der Waals surface area contributed by atoms with Crippen LogP contribution >= 0.6 is 22.7 Å². The number of carbonyl (C=O) groups excluding carboxylic acids is 1. The summed E-state index contributed by atoms with van der Waals surface area (Å²) in [5.74, 6) is 1.46. The van der Waals surface area contributed by atoms with Gasteiger partial charge in [0.25, 0.3) is 5.91 Å². The van der Waals surface area contributed by atoms with Crippen LogP contribution in [0.4, 0.5) is 11.5 Å². The molecular weight excluding hydrogens is 428 g/mol. The van der Waals surface area contributed by atoms with Crippen molar-refractivity contribution in [2.24, 2.45) is 0 Å². The average Bonchev–Trinajstić information content (AvgIpc) is 3.44. The fourth-order valence-electron chi connectivity index (χ4n) is 3.19. The predicted octanol–water partition coefficient (Wildman–Crippen LogP) is 6.05. The Kier molecular flexibility index (Phi) is 5.07. The van der Waals surface area contributed by atoms with Gasteiger partial charge in [-0.05, 0) is 53.2 Å². The summed E-state index contributed by atoms with van der Waals surface area (Å²) in [5, 5.41) is 7.52. The Morgan fingerprint density at radius 3 is 2.48 bits per heavy atom. The highest BCUT2D eigenvalue weighted by Crippen LogP contribution is 2.40. The zero-order chi connectivity index (χ0) is 21.2. The molecule has 8 heteroatoms. The summed E-state index contributed by atoms with van der Waals surface area (Å²) < 4.78 is 5.81. The van der Waals surface area contributed by atoms with Crippen LogP contribution in [0, 0.1) is 0 Å². The molecule has 0 bridgehead atoms. The summed E-state index contributed by atoms with van der Waals surface area (Å²) in [5.41, 5.74) is 8.21. The van der Waals surface area contributed by atoms with Crippen LogP contribution in [-0.4, -0.2) is 15.9 Å². The number of amides is 1. The molecule has 0 radical (unpaired) electrons. The fraction of sp³-hybridized carbons (Fsp3) is 0. The lowest BCUT2D eigenvalue weighted by atomic mass is 10.1. The molecule has 0 aliphatic carbocycles. The summed E-state index contributed by atoms with van der Waals surface area (Å²) in [6.45, 7) is 0. The number of nitrogens with zero attached hydrogens (tertiary/aromatic N) is 2.